The summed E-state index contributed by atoms with van der Waals surface area (Å²) < 4.78 is 5.08. The minimum atomic E-state index is -0.250. The van der Waals surface area contributed by atoms with Crippen LogP contribution >= 0.6 is 0 Å². The first-order valence-electron chi connectivity index (χ1n) is 6.53. The Hall–Kier alpha value is -1.33. The maximum absolute atomic E-state index is 10.6. The monoisotopic (exact) mass is 377 g/mol. The van der Waals surface area contributed by atoms with E-state index in [4.69, 9.17) is 4.74 Å². The quantitative estimate of drug-likeness (QED) is 0.659. The maximum atomic E-state index is 10.6. The Balaban J connectivity index is 0.000000423. The fraction of sp³-hybridized carbons (Fsp3) is 0.312. The van der Waals surface area contributed by atoms with E-state index in [0.717, 1.165) is 23.2 Å². The van der Waals surface area contributed by atoms with Crippen molar-refractivity contribution in [3.8, 4) is 5.75 Å². The van der Waals surface area contributed by atoms with Crippen molar-refractivity contribution in [2.45, 2.75) is 27.7 Å². The first-order chi connectivity index (χ1) is 9.88. The predicted molar refractivity (Wildman–Crippen MR) is 81.9 cm³/mol. The van der Waals surface area contributed by atoms with Crippen molar-refractivity contribution in [3.05, 3.63) is 57.1 Å². The van der Waals surface area contributed by atoms with Gasteiger partial charge in [-0.15, -0.1) is 12.1 Å². The third-order valence-corrected chi connectivity index (χ3v) is 3.04. The fourth-order valence-electron chi connectivity index (χ4n) is 1.63. The van der Waals surface area contributed by atoms with E-state index in [1.165, 1.54) is 5.92 Å². The molecular formula is C16H20N2O3Y+. The Morgan fingerprint density at radius 1 is 1.27 bits per heavy atom. The second kappa shape index (κ2) is 9.64. The molecule has 0 atom stereocenters. The molecule has 0 aliphatic carbocycles. The molecule has 0 aliphatic heterocycles. The standard InChI is InChI=1S/C11H13O2.C5H8N2O.Y/c1-8(2)9-4-5-10(7-12)11(6-9)13-3;1-3-4(2)7-5(8)6-3;/h4-7H,1-3H3;1-2H3,(H2,6,7,8);/q-1;;+3/p-1. The van der Waals surface area contributed by atoms with E-state index in [2.05, 4.69) is 9.97 Å². The van der Waals surface area contributed by atoms with E-state index in [1.807, 2.05) is 32.9 Å². The van der Waals surface area contributed by atoms with Crippen LogP contribution in [0, 0.1) is 19.8 Å². The molecule has 0 amide bonds. The Labute approximate surface area is 155 Å². The molecule has 1 N–H and O–H groups in total. The van der Waals surface area contributed by atoms with E-state index < -0.39 is 0 Å². The SMILES string of the molecule is COc1cc([C-](C)C)ccc1C=O.Cc1[n-]c(=O)[nH]c1C.[Y+3]. The summed E-state index contributed by atoms with van der Waals surface area (Å²) >= 11 is 0. The van der Waals surface area contributed by atoms with E-state index in [1.54, 1.807) is 20.1 Å². The normalized spacial score (nSPS) is 9.14. The van der Waals surface area contributed by atoms with Crippen molar-refractivity contribution < 1.29 is 42.2 Å². The topological polar surface area (TPSA) is 73.3 Å². The van der Waals surface area contributed by atoms with E-state index in [0.29, 0.717) is 11.3 Å². The molecule has 0 aliphatic rings. The van der Waals surface area contributed by atoms with Crippen LogP contribution in [0.25, 0.3) is 0 Å². The summed E-state index contributed by atoms with van der Waals surface area (Å²) in [6.07, 6.45) is 0.799. The number of nitrogens with one attached hydrogen (secondary N) is 1. The van der Waals surface area contributed by atoms with Crippen molar-refractivity contribution in [3.63, 3.8) is 0 Å². The van der Waals surface area contributed by atoms with Gasteiger partial charge in [0.15, 0.2) is 12.0 Å². The fourth-order valence-corrected chi connectivity index (χ4v) is 1.63. The molecule has 114 valence electrons. The second-order valence-corrected chi connectivity index (χ2v) is 4.83. The molecule has 2 rings (SSSR count). The number of benzene rings is 1. The Kier molecular flexibility index (Phi) is 9.06. The van der Waals surface area contributed by atoms with Gasteiger partial charge in [-0.1, -0.05) is 25.2 Å². The molecule has 1 aromatic carbocycles. The third kappa shape index (κ3) is 5.81. The van der Waals surface area contributed by atoms with Crippen LogP contribution in [0.3, 0.4) is 0 Å². The van der Waals surface area contributed by atoms with Crippen molar-refractivity contribution in [2.75, 3.05) is 7.11 Å². The predicted octanol–water partition coefficient (Wildman–Crippen LogP) is 2.42. The molecule has 1 aromatic heterocycles. The summed E-state index contributed by atoms with van der Waals surface area (Å²) in [5.74, 6) is 1.84. The van der Waals surface area contributed by atoms with Crippen LogP contribution in [0.1, 0.15) is 41.2 Å². The number of nitrogens with zero attached hydrogens (tertiary/aromatic N) is 1. The molecule has 5 nitrogen and oxygen atoms in total. The second-order valence-electron chi connectivity index (χ2n) is 4.83. The van der Waals surface area contributed by atoms with Gasteiger partial charge in [0.2, 0.25) is 0 Å². The van der Waals surface area contributed by atoms with Crippen molar-refractivity contribution >= 4 is 6.29 Å². The number of rotatable bonds is 3. The molecule has 1 heterocycles. The summed E-state index contributed by atoms with van der Waals surface area (Å²) in [5.41, 5.74) is 3.08. The molecule has 0 bridgehead atoms. The Morgan fingerprint density at radius 3 is 2.23 bits per heavy atom. The number of aldehydes is 1. The summed E-state index contributed by atoms with van der Waals surface area (Å²) in [7, 11) is 1.57. The Bertz CT molecular complexity index is 637. The molecule has 22 heavy (non-hydrogen) atoms. The first kappa shape index (κ1) is 20.7. The zero-order chi connectivity index (χ0) is 16.0. The number of hydrogen-bond donors (Lipinski definition) is 1. The number of carbonyl (C=O) groups is 1. The van der Waals surface area contributed by atoms with Crippen LogP contribution in [-0.4, -0.2) is 18.4 Å². The molecule has 2 aromatic rings. The molecule has 0 saturated carbocycles. The van der Waals surface area contributed by atoms with Gasteiger partial charge in [-0.25, -0.2) is 0 Å². The van der Waals surface area contributed by atoms with Gasteiger partial charge >= 0.3 is 32.7 Å². The molecule has 0 fully saturated rings. The summed E-state index contributed by atoms with van der Waals surface area (Å²) in [5, 5.41) is 0. The summed E-state index contributed by atoms with van der Waals surface area (Å²) in [4.78, 5) is 27.1. The van der Waals surface area contributed by atoms with Gasteiger partial charge in [-0.05, 0) is 13.8 Å². The van der Waals surface area contributed by atoms with Crippen molar-refractivity contribution in [1.29, 1.82) is 0 Å². The average molecular weight is 377 g/mol. The van der Waals surface area contributed by atoms with Crippen LogP contribution in [0.15, 0.2) is 23.0 Å². The smallest absolute Gasteiger partial charge is 0.509 e. The molecule has 0 spiro atoms. The molecule has 6 heteroatoms. The van der Waals surface area contributed by atoms with Crippen molar-refractivity contribution in [2.24, 2.45) is 0 Å². The van der Waals surface area contributed by atoms with Gasteiger partial charge in [0.05, 0.1) is 12.9 Å². The minimum absolute atomic E-state index is 0. The number of imidazole rings is 1. The molecular weight excluding hydrogens is 357 g/mol. The maximum Gasteiger partial charge on any atom is 3.00 e. The number of aryl methyl sites for hydroxylation is 2. The van der Waals surface area contributed by atoms with Gasteiger partial charge in [-0.3, -0.25) is 9.59 Å². The van der Waals surface area contributed by atoms with E-state index in [-0.39, 0.29) is 38.4 Å². The van der Waals surface area contributed by atoms with Gasteiger partial charge < -0.3 is 14.7 Å². The minimum Gasteiger partial charge on any atom is -0.509 e. The van der Waals surface area contributed by atoms with Crippen LogP contribution < -0.4 is 15.4 Å². The summed E-state index contributed by atoms with van der Waals surface area (Å²) in [6.45, 7) is 7.67. The number of hydrogen-bond acceptors (Lipinski definition) is 3. The molecule has 0 radical (unpaired) electrons. The van der Waals surface area contributed by atoms with Gasteiger partial charge in [0, 0.05) is 5.56 Å². The average Bonchev–Trinajstić information content (AvgIpc) is 2.75. The van der Waals surface area contributed by atoms with Gasteiger partial charge in [0.25, 0.3) is 0 Å². The number of methoxy groups -OCH3 is 1. The molecule has 0 saturated heterocycles. The van der Waals surface area contributed by atoms with Crippen LogP contribution in [0.4, 0.5) is 0 Å². The Morgan fingerprint density at radius 2 is 1.91 bits per heavy atom. The van der Waals surface area contributed by atoms with E-state index in [9.17, 15) is 9.59 Å². The van der Waals surface area contributed by atoms with E-state index >= 15 is 0 Å². The van der Waals surface area contributed by atoms with Crippen LogP contribution in [-0.2, 0) is 32.7 Å². The van der Waals surface area contributed by atoms with Crippen LogP contribution in [0.2, 0.25) is 0 Å². The van der Waals surface area contributed by atoms with Gasteiger partial charge in [0.1, 0.15) is 0 Å². The number of H-pyrrole nitrogens is 1. The number of ether oxygens (including phenoxy) is 1. The zero-order valence-corrected chi connectivity index (χ0v) is 16.4. The largest absolute Gasteiger partial charge is 3.00 e. The molecule has 0 unspecified atom stereocenters. The third-order valence-electron chi connectivity index (χ3n) is 3.04. The number of aromatic nitrogens is 2. The van der Waals surface area contributed by atoms with Crippen molar-refractivity contribution in [1.82, 2.24) is 9.97 Å². The number of aromatic amines is 1. The van der Waals surface area contributed by atoms with Gasteiger partial charge in [-0.2, -0.15) is 17.5 Å². The van der Waals surface area contributed by atoms with Crippen LogP contribution in [0.5, 0.6) is 5.75 Å². The number of carbonyl (C=O) groups excluding carboxylic acids is 1. The summed E-state index contributed by atoms with van der Waals surface area (Å²) in [6, 6.07) is 5.56. The zero-order valence-electron chi connectivity index (χ0n) is 13.6. The first-order valence-corrected chi connectivity index (χ1v) is 6.53.